The Labute approximate surface area is 190 Å². The summed E-state index contributed by atoms with van der Waals surface area (Å²) in [7, 11) is 0. The van der Waals surface area contributed by atoms with Crippen molar-refractivity contribution < 1.29 is 0 Å². The van der Waals surface area contributed by atoms with Crippen molar-refractivity contribution in [3.05, 3.63) is 69.3 Å². The van der Waals surface area contributed by atoms with Crippen LogP contribution in [0.1, 0.15) is 23.1 Å². The number of nitrogens with one attached hydrogen (secondary N) is 1. The summed E-state index contributed by atoms with van der Waals surface area (Å²) in [6, 6.07) is 11.0. The van der Waals surface area contributed by atoms with Gasteiger partial charge in [-0.2, -0.15) is 5.10 Å². The van der Waals surface area contributed by atoms with E-state index in [1.807, 2.05) is 24.3 Å². The van der Waals surface area contributed by atoms with E-state index in [9.17, 15) is 0 Å². The Balaban J connectivity index is 0.00000150. The average molecular weight is 472 g/mol. The summed E-state index contributed by atoms with van der Waals surface area (Å²) in [6.07, 6.45) is 3.30. The maximum absolute atomic E-state index is 7.74. The van der Waals surface area contributed by atoms with E-state index in [0.29, 0.717) is 15.7 Å². The number of imidazole rings is 1. The van der Waals surface area contributed by atoms with Gasteiger partial charge in [-0.15, -0.1) is 24.8 Å². The van der Waals surface area contributed by atoms with Crippen LogP contribution in [-0.2, 0) is 6.42 Å². The minimum atomic E-state index is 0. The fraction of sp³-hybridized carbons (Fsp3) is 0.105. The van der Waals surface area contributed by atoms with Crippen LogP contribution in [0.25, 0.3) is 11.3 Å². The summed E-state index contributed by atoms with van der Waals surface area (Å²) in [5, 5.41) is 13.3. The Morgan fingerprint density at radius 3 is 2.55 bits per heavy atom. The molecule has 0 saturated carbocycles. The Bertz CT molecular complexity index is 1110. The number of fused-ring (bicyclic) bond motifs is 1. The van der Waals surface area contributed by atoms with Gasteiger partial charge in [-0.3, -0.25) is 5.41 Å². The number of aromatic nitrogens is 2. The maximum Gasteiger partial charge on any atom is 0.221 e. The van der Waals surface area contributed by atoms with Crippen LogP contribution in [0.4, 0.5) is 5.95 Å². The topological polar surface area (TPSA) is 106 Å². The molecular weight excluding hydrogens is 454 g/mol. The number of halogens is 4. The fourth-order valence-corrected chi connectivity index (χ4v) is 3.55. The lowest BCUT2D eigenvalue weighted by Gasteiger charge is -2.06. The third-order valence-corrected chi connectivity index (χ3v) is 5.29. The minimum absolute atomic E-state index is 0. The van der Waals surface area contributed by atoms with Crippen molar-refractivity contribution in [2.45, 2.75) is 12.8 Å². The summed E-state index contributed by atoms with van der Waals surface area (Å²) in [5.74, 6) is 0.344. The SMILES string of the molecule is Cl.Cl.N=C(N)c1cccc2c1CCC2=Nn1cc(-c2ccc(Cl)c(Cl)c2)nc1N. The monoisotopic (exact) mass is 470 g/mol. The molecule has 0 unspecified atom stereocenters. The van der Waals surface area contributed by atoms with Crippen molar-refractivity contribution in [1.29, 1.82) is 5.41 Å². The Hall–Kier alpha value is -2.25. The van der Waals surface area contributed by atoms with Gasteiger partial charge in [0.25, 0.3) is 0 Å². The highest BCUT2D eigenvalue weighted by Gasteiger charge is 2.22. The van der Waals surface area contributed by atoms with Crippen LogP contribution in [0.3, 0.4) is 0 Å². The highest BCUT2D eigenvalue weighted by Crippen LogP contribution is 2.30. The molecule has 6 nitrogen and oxygen atoms in total. The quantitative estimate of drug-likeness (QED) is 0.378. The van der Waals surface area contributed by atoms with E-state index in [2.05, 4.69) is 10.1 Å². The first kappa shape index (κ1) is 23.0. The number of anilines is 1. The van der Waals surface area contributed by atoms with Crippen LogP contribution < -0.4 is 11.5 Å². The lowest BCUT2D eigenvalue weighted by atomic mass is 10.0. The van der Waals surface area contributed by atoms with Gasteiger partial charge in [0.15, 0.2) is 0 Å². The van der Waals surface area contributed by atoms with Gasteiger partial charge < -0.3 is 11.5 Å². The summed E-state index contributed by atoms with van der Waals surface area (Å²) >= 11 is 12.1. The number of rotatable bonds is 3. The molecule has 1 heterocycles. The van der Waals surface area contributed by atoms with E-state index in [1.165, 1.54) is 0 Å². The molecular formula is C19H18Cl4N6. The van der Waals surface area contributed by atoms with E-state index in [-0.39, 0.29) is 36.6 Å². The first-order chi connectivity index (χ1) is 12.9. The highest BCUT2D eigenvalue weighted by atomic mass is 35.5. The van der Waals surface area contributed by atoms with Gasteiger partial charge in [0.2, 0.25) is 5.95 Å². The number of hydrogen-bond acceptors (Lipinski definition) is 4. The molecule has 3 aromatic rings. The Morgan fingerprint density at radius 1 is 1.10 bits per heavy atom. The molecule has 152 valence electrons. The van der Waals surface area contributed by atoms with Gasteiger partial charge in [-0.1, -0.05) is 47.5 Å². The standard InChI is InChI=1S/C19H16Cl2N6.2ClH/c20-14-6-4-10(8-15(14)21)17-9-27(19(24)25-17)26-16-7-5-11-12(16)2-1-3-13(11)18(22)23;;/h1-4,6,8-9H,5,7H2,(H3,22,23)(H2,24,25);2*1H. The second kappa shape index (κ2) is 9.05. The second-order valence-corrected chi connectivity index (χ2v) is 7.06. The lowest BCUT2D eigenvalue weighted by Crippen LogP contribution is -2.13. The molecule has 0 bridgehead atoms. The molecule has 0 radical (unpaired) electrons. The largest absolute Gasteiger partial charge is 0.384 e. The number of nitrogens with zero attached hydrogens (tertiary/aromatic N) is 3. The lowest BCUT2D eigenvalue weighted by molar-refractivity contribution is 0.883. The average Bonchev–Trinajstić information content (AvgIpc) is 3.21. The van der Waals surface area contributed by atoms with Gasteiger partial charge in [0, 0.05) is 16.7 Å². The van der Waals surface area contributed by atoms with Crippen molar-refractivity contribution in [3.8, 4) is 11.3 Å². The molecule has 5 N–H and O–H groups in total. The second-order valence-electron chi connectivity index (χ2n) is 6.25. The highest BCUT2D eigenvalue weighted by molar-refractivity contribution is 6.42. The normalized spacial score (nSPS) is 13.5. The first-order valence-electron chi connectivity index (χ1n) is 8.29. The third-order valence-electron chi connectivity index (χ3n) is 4.55. The molecule has 1 aromatic heterocycles. The zero-order valence-corrected chi connectivity index (χ0v) is 18.2. The van der Waals surface area contributed by atoms with Gasteiger partial charge in [-0.25, -0.2) is 9.66 Å². The summed E-state index contributed by atoms with van der Waals surface area (Å²) < 4.78 is 1.56. The van der Waals surface area contributed by atoms with E-state index in [1.54, 1.807) is 23.0 Å². The number of nitrogens with two attached hydrogens (primary N) is 2. The van der Waals surface area contributed by atoms with Crippen LogP contribution in [0.15, 0.2) is 47.7 Å². The first-order valence-corrected chi connectivity index (χ1v) is 9.04. The van der Waals surface area contributed by atoms with Crippen LogP contribution in [0.5, 0.6) is 0 Å². The van der Waals surface area contributed by atoms with Crippen molar-refractivity contribution in [1.82, 2.24) is 9.66 Å². The zero-order chi connectivity index (χ0) is 19.1. The maximum atomic E-state index is 7.74. The Kier molecular flexibility index (Phi) is 7.19. The molecule has 0 fully saturated rings. The molecule has 29 heavy (non-hydrogen) atoms. The van der Waals surface area contributed by atoms with Crippen molar-refractivity contribution >= 4 is 65.5 Å². The predicted octanol–water partition coefficient (Wildman–Crippen LogP) is 4.77. The number of hydrogen-bond donors (Lipinski definition) is 3. The minimum Gasteiger partial charge on any atom is -0.384 e. The van der Waals surface area contributed by atoms with Crippen LogP contribution >= 0.6 is 48.0 Å². The molecule has 1 aliphatic carbocycles. The molecule has 1 aliphatic rings. The van der Waals surface area contributed by atoms with E-state index in [4.69, 9.17) is 40.1 Å². The molecule has 0 saturated heterocycles. The molecule has 10 heteroatoms. The van der Waals surface area contributed by atoms with E-state index < -0.39 is 0 Å². The number of nitrogen functional groups attached to an aromatic ring is 2. The molecule has 0 aliphatic heterocycles. The van der Waals surface area contributed by atoms with E-state index >= 15 is 0 Å². The molecule has 0 spiro atoms. The molecule has 4 rings (SSSR count). The van der Waals surface area contributed by atoms with Gasteiger partial charge in [0.1, 0.15) is 5.84 Å². The molecule has 2 aromatic carbocycles. The van der Waals surface area contributed by atoms with E-state index in [0.717, 1.165) is 40.8 Å². The molecule has 0 atom stereocenters. The van der Waals surface area contributed by atoms with Crippen molar-refractivity contribution in [2.75, 3.05) is 5.73 Å². The smallest absolute Gasteiger partial charge is 0.221 e. The van der Waals surface area contributed by atoms with Crippen molar-refractivity contribution in [3.63, 3.8) is 0 Å². The van der Waals surface area contributed by atoms with Crippen LogP contribution in [0, 0.1) is 5.41 Å². The predicted molar refractivity (Wildman–Crippen MR) is 124 cm³/mol. The third kappa shape index (κ3) is 4.36. The number of amidine groups is 1. The Morgan fingerprint density at radius 2 is 1.86 bits per heavy atom. The molecule has 0 amide bonds. The van der Waals surface area contributed by atoms with Crippen molar-refractivity contribution in [2.24, 2.45) is 10.8 Å². The summed E-state index contributed by atoms with van der Waals surface area (Å²) in [5.41, 5.74) is 16.9. The van der Waals surface area contributed by atoms with Crippen LogP contribution in [-0.4, -0.2) is 21.2 Å². The summed E-state index contributed by atoms with van der Waals surface area (Å²) in [6.45, 7) is 0. The van der Waals surface area contributed by atoms with Gasteiger partial charge in [-0.05, 0) is 30.5 Å². The fourth-order valence-electron chi connectivity index (χ4n) is 3.25. The zero-order valence-electron chi connectivity index (χ0n) is 15.0. The van der Waals surface area contributed by atoms with Crippen LogP contribution in [0.2, 0.25) is 10.0 Å². The number of benzene rings is 2. The summed E-state index contributed by atoms with van der Waals surface area (Å²) in [4.78, 5) is 4.37. The van der Waals surface area contributed by atoms with Gasteiger partial charge >= 0.3 is 0 Å². The van der Waals surface area contributed by atoms with Gasteiger partial charge in [0.05, 0.1) is 27.6 Å².